The Morgan fingerprint density at radius 3 is 2.23 bits per heavy atom. The van der Waals surface area contributed by atoms with Crippen LogP contribution in [0.15, 0.2) is 23.1 Å². The molecule has 172 valence electrons. The van der Waals surface area contributed by atoms with Gasteiger partial charge >= 0.3 is 0 Å². The van der Waals surface area contributed by atoms with Gasteiger partial charge in [0, 0.05) is 37.7 Å². The van der Waals surface area contributed by atoms with E-state index in [4.69, 9.17) is 11.6 Å². The maximum absolute atomic E-state index is 13.1. The van der Waals surface area contributed by atoms with Gasteiger partial charge in [0.1, 0.15) is 4.90 Å². The predicted molar refractivity (Wildman–Crippen MR) is 121 cm³/mol. The molecule has 2 aliphatic rings. The van der Waals surface area contributed by atoms with E-state index in [1.54, 1.807) is 0 Å². The van der Waals surface area contributed by atoms with Gasteiger partial charge in [-0.25, -0.2) is 8.42 Å². The summed E-state index contributed by atoms with van der Waals surface area (Å²) in [5.41, 5.74) is 0.233. The van der Waals surface area contributed by atoms with Crippen molar-refractivity contribution in [2.75, 3.05) is 26.2 Å². The van der Waals surface area contributed by atoms with Crippen molar-refractivity contribution in [2.45, 2.75) is 62.7 Å². The molecule has 2 amide bonds. The molecule has 0 bridgehead atoms. The van der Waals surface area contributed by atoms with Crippen molar-refractivity contribution in [1.82, 2.24) is 14.9 Å². The second-order valence-corrected chi connectivity index (χ2v) is 10.7. The number of amides is 2. The van der Waals surface area contributed by atoms with Crippen LogP contribution in [0.4, 0.5) is 0 Å². The van der Waals surface area contributed by atoms with Crippen molar-refractivity contribution in [3.05, 3.63) is 28.8 Å². The lowest BCUT2D eigenvalue weighted by molar-refractivity contribution is -0.125. The Bertz CT molecular complexity index is 877. The largest absolute Gasteiger partial charge is 0.354 e. The maximum Gasteiger partial charge on any atom is 0.251 e. The lowest BCUT2D eigenvalue weighted by Crippen LogP contribution is -2.38. The number of hydrogen-bond donors (Lipinski definition) is 2. The summed E-state index contributed by atoms with van der Waals surface area (Å²) in [6, 6.07) is 4.31. The SMILES string of the molecule is O=C(NCCNC(=O)C1CCCCC1)c1ccc(Cl)c(S(=O)(=O)N2CCCCCC2)c1. The van der Waals surface area contributed by atoms with Crippen LogP contribution in [0, 0.1) is 5.92 Å². The number of carbonyl (C=O) groups is 2. The number of benzene rings is 1. The summed E-state index contributed by atoms with van der Waals surface area (Å²) in [5, 5.41) is 5.73. The summed E-state index contributed by atoms with van der Waals surface area (Å²) < 4.78 is 27.6. The highest BCUT2D eigenvalue weighted by atomic mass is 35.5. The Hall–Kier alpha value is -1.64. The standard InChI is InChI=1S/C22H32ClN3O4S/c23-19-11-10-18(16-20(19)31(29,30)26-14-6-1-2-7-15-26)22(28)25-13-12-24-21(27)17-8-4-3-5-9-17/h10-11,16-17H,1-9,12-15H2,(H,24,27)(H,25,28). The molecule has 0 atom stereocenters. The highest BCUT2D eigenvalue weighted by Crippen LogP contribution is 2.28. The average Bonchev–Trinajstić information content (AvgIpc) is 3.07. The van der Waals surface area contributed by atoms with E-state index in [9.17, 15) is 18.0 Å². The van der Waals surface area contributed by atoms with Crippen LogP contribution in [0.5, 0.6) is 0 Å². The molecule has 0 aromatic heterocycles. The molecular weight excluding hydrogens is 438 g/mol. The van der Waals surface area contributed by atoms with Crippen LogP contribution in [0.2, 0.25) is 5.02 Å². The molecule has 1 heterocycles. The van der Waals surface area contributed by atoms with Gasteiger partial charge in [-0.05, 0) is 43.9 Å². The Labute approximate surface area is 190 Å². The number of carbonyl (C=O) groups excluding carboxylic acids is 2. The second kappa shape index (κ2) is 11.3. The van der Waals surface area contributed by atoms with E-state index >= 15 is 0 Å². The molecule has 3 rings (SSSR count). The minimum Gasteiger partial charge on any atom is -0.354 e. The first-order valence-electron chi connectivity index (χ1n) is 11.3. The van der Waals surface area contributed by atoms with Gasteiger partial charge in [-0.1, -0.05) is 43.7 Å². The second-order valence-electron chi connectivity index (χ2n) is 8.35. The van der Waals surface area contributed by atoms with Gasteiger partial charge < -0.3 is 10.6 Å². The molecule has 0 unspecified atom stereocenters. The van der Waals surface area contributed by atoms with Crippen molar-refractivity contribution < 1.29 is 18.0 Å². The topological polar surface area (TPSA) is 95.6 Å². The number of nitrogens with zero attached hydrogens (tertiary/aromatic N) is 1. The third kappa shape index (κ3) is 6.43. The molecule has 7 nitrogen and oxygen atoms in total. The van der Waals surface area contributed by atoms with Crippen LogP contribution in [-0.2, 0) is 14.8 Å². The molecule has 1 saturated carbocycles. The van der Waals surface area contributed by atoms with Gasteiger partial charge in [-0.3, -0.25) is 9.59 Å². The summed E-state index contributed by atoms with van der Waals surface area (Å²) in [6.45, 7) is 1.55. The molecule has 31 heavy (non-hydrogen) atoms. The van der Waals surface area contributed by atoms with Gasteiger partial charge in [-0.2, -0.15) is 4.31 Å². The highest BCUT2D eigenvalue weighted by Gasteiger charge is 2.28. The van der Waals surface area contributed by atoms with E-state index in [1.807, 2.05) is 0 Å². The normalized spacial score (nSPS) is 18.9. The predicted octanol–water partition coefficient (Wildman–Crippen LogP) is 3.33. The molecule has 1 aliphatic carbocycles. The van der Waals surface area contributed by atoms with Crippen molar-refractivity contribution >= 4 is 33.4 Å². The first kappa shape index (κ1) is 24.0. The summed E-state index contributed by atoms with van der Waals surface area (Å²) in [6.07, 6.45) is 8.90. The van der Waals surface area contributed by atoms with Gasteiger partial charge in [0.15, 0.2) is 0 Å². The van der Waals surface area contributed by atoms with Crippen molar-refractivity contribution in [3.8, 4) is 0 Å². The van der Waals surface area contributed by atoms with E-state index in [-0.39, 0.29) is 33.9 Å². The van der Waals surface area contributed by atoms with Gasteiger partial charge in [0.25, 0.3) is 5.91 Å². The van der Waals surface area contributed by atoms with Crippen LogP contribution < -0.4 is 10.6 Å². The highest BCUT2D eigenvalue weighted by molar-refractivity contribution is 7.89. The number of hydrogen-bond acceptors (Lipinski definition) is 4. The molecule has 1 aliphatic heterocycles. The summed E-state index contributed by atoms with van der Waals surface area (Å²) in [5.74, 6) is -0.269. The van der Waals surface area contributed by atoms with Crippen LogP contribution in [0.25, 0.3) is 0 Å². The van der Waals surface area contributed by atoms with Gasteiger partial charge in [0.05, 0.1) is 5.02 Å². The third-order valence-electron chi connectivity index (χ3n) is 6.06. The quantitative estimate of drug-likeness (QED) is 0.598. The van der Waals surface area contributed by atoms with Gasteiger partial charge in [-0.15, -0.1) is 0 Å². The van der Waals surface area contributed by atoms with Crippen LogP contribution in [-0.4, -0.2) is 50.7 Å². The summed E-state index contributed by atoms with van der Waals surface area (Å²) >= 11 is 6.20. The fourth-order valence-electron chi connectivity index (χ4n) is 4.24. The van der Waals surface area contributed by atoms with E-state index < -0.39 is 15.9 Å². The van der Waals surface area contributed by atoms with Crippen LogP contribution in [0.3, 0.4) is 0 Å². The Kier molecular flexibility index (Phi) is 8.75. The first-order valence-corrected chi connectivity index (χ1v) is 13.1. The number of halogens is 1. The van der Waals surface area contributed by atoms with E-state index in [0.29, 0.717) is 19.6 Å². The van der Waals surface area contributed by atoms with E-state index in [0.717, 1.165) is 51.4 Å². The monoisotopic (exact) mass is 469 g/mol. The smallest absolute Gasteiger partial charge is 0.251 e. The first-order chi connectivity index (χ1) is 14.9. The van der Waals surface area contributed by atoms with E-state index in [2.05, 4.69) is 10.6 Å². The Balaban J connectivity index is 1.57. The zero-order chi connectivity index (χ0) is 22.3. The fraction of sp³-hybridized carbons (Fsp3) is 0.636. The van der Waals surface area contributed by atoms with Crippen LogP contribution >= 0.6 is 11.6 Å². The molecule has 1 aromatic carbocycles. The Morgan fingerprint density at radius 2 is 1.55 bits per heavy atom. The van der Waals surface area contributed by atoms with Crippen molar-refractivity contribution in [1.29, 1.82) is 0 Å². The molecule has 9 heteroatoms. The number of rotatable bonds is 7. The number of sulfonamides is 1. The van der Waals surface area contributed by atoms with Crippen molar-refractivity contribution in [3.63, 3.8) is 0 Å². The Morgan fingerprint density at radius 1 is 0.935 bits per heavy atom. The molecule has 0 radical (unpaired) electrons. The summed E-state index contributed by atoms with van der Waals surface area (Å²) in [4.78, 5) is 24.7. The molecule has 2 fully saturated rings. The van der Waals surface area contributed by atoms with Gasteiger partial charge in [0.2, 0.25) is 15.9 Å². The molecule has 0 spiro atoms. The molecule has 1 saturated heterocycles. The zero-order valence-corrected chi connectivity index (χ0v) is 19.4. The minimum atomic E-state index is -3.76. The van der Waals surface area contributed by atoms with Crippen LogP contribution in [0.1, 0.15) is 68.1 Å². The fourth-order valence-corrected chi connectivity index (χ4v) is 6.25. The molecular formula is C22H32ClN3O4S. The third-order valence-corrected chi connectivity index (χ3v) is 8.44. The lowest BCUT2D eigenvalue weighted by atomic mass is 9.89. The summed E-state index contributed by atoms with van der Waals surface area (Å²) in [7, 11) is -3.76. The minimum absolute atomic E-state index is 0.0330. The molecule has 2 N–H and O–H groups in total. The lowest BCUT2D eigenvalue weighted by Gasteiger charge is -2.21. The maximum atomic E-state index is 13.1. The number of nitrogens with one attached hydrogen (secondary N) is 2. The van der Waals surface area contributed by atoms with Crippen molar-refractivity contribution in [2.24, 2.45) is 5.92 Å². The zero-order valence-electron chi connectivity index (χ0n) is 17.9. The average molecular weight is 470 g/mol. The molecule has 1 aromatic rings. The van der Waals surface area contributed by atoms with E-state index in [1.165, 1.54) is 28.9 Å².